The van der Waals surface area contributed by atoms with Crippen molar-refractivity contribution in [3.05, 3.63) is 36.1 Å². The second-order valence-electron chi connectivity index (χ2n) is 2.76. The van der Waals surface area contributed by atoms with Crippen LogP contribution in [0.15, 0.2) is 34.9 Å². The van der Waals surface area contributed by atoms with Crippen LogP contribution in [0.5, 0.6) is 0 Å². The average molecular weight is 195 g/mol. The number of carbonyl (C=O) groups excluding carboxylic acids is 1. The monoisotopic (exact) mass is 194 g/mol. The normalized spacial score (nSPS) is 13.0. The first-order valence-corrected chi connectivity index (χ1v) is 4.31. The van der Waals surface area contributed by atoms with E-state index in [-0.39, 0.29) is 0 Å². The number of halogens is 1. The molecule has 2 rings (SSSR count). The molecule has 1 atom stereocenters. The van der Waals surface area contributed by atoms with Crippen LogP contribution in [0.3, 0.4) is 0 Å². The number of furan rings is 1. The predicted octanol–water partition coefficient (Wildman–Crippen LogP) is 2.91. The molecular weight excluding hydrogens is 188 g/mol. The minimum Gasteiger partial charge on any atom is -0.464 e. The number of carbonyl (C=O) groups is 1. The average Bonchev–Trinajstić information content (AvgIpc) is 2.63. The molecule has 0 aliphatic heterocycles. The van der Waals surface area contributed by atoms with Crippen LogP contribution in [0.4, 0.5) is 0 Å². The summed E-state index contributed by atoms with van der Waals surface area (Å²) in [4.78, 5) is 10.4. The Balaban J connectivity index is 2.53. The Bertz CT molecular complexity index is 433. The molecular formula is C10H7ClO2. The molecule has 1 unspecified atom stereocenters. The summed E-state index contributed by atoms with van der Waals surface area (Å²) in [7, 11) is 0. The van der Waals surface area contributed by atoms with Gasteiger partial charge < -0.3 is 9.21 Å². The molecule has 1 aromatic heterocycles. The SMILES string of the molecule is O=CC(Cl)c1ccc2ccoc2c1. The molecule has 3 heteroatoms. The summed E-state index contributed by atoms with van der Waals surface area (Å²) >= 11 is 5.75. The van der Waals surface area contributed by atoms with Gasteiger partial charge in [-0.1, -0.05) is 12.1 Å². The summed E-state index contributed by atoms with van der Waals surface area (Å²) in [5.74, 6) is 0. The van der Waals surface area contributed by atoms with Crippen LogP contribution in [-0.2, 0) is 4.79 Å². The number of hydrogen-bond donors (Lipinski definition) is 0. The van der Waals surface area contributed by atoms with Crippen LogP contribution < -0.4 is 0 Å². The largest absolute Gasteiger partial charge is 0.464 e. The fraction of sp³-hybridized carbons (Fsp3) is 0.100. The van der Waals surface area contributed by atoms with Gasteiger partial charge in [0.25, 0.3) is 0 Å². The van der Waals surface area contributed by atoms with Gasteiger partial charge in [-0.15, -0.1) is 11.6 Å². The standard InChI is InChI=1S/C10H7ClO2/c11-9(6-12)8-2-1-7-3-4-13-10(7)5-8/h1-6,9H. The molecule has 0 bridgehead atoms. The summed E-state index contributed by atoms with van der Waals surface area (Å²) in [5.41, 5.74) is 1.52. The zero-order chi connectivity index (χ0) is 9.26. The molecule has 0 spiro atoms. The van der Waals surface area contributed by atoms with Gasteiger partial charge in [-0.05, 0) is 17.7 Å². The van der Waals surface area contributed by atoms with Crippen molar-refractivity contribution in [3.8, 4) is 0 Å². The highest BCUT2D eigenvalue weighted by molar-refractivity contribution is 6.27. The zero-order valence-electron chi connectivity index (χ0n) is 6.74. The molecule has 0 amide bonds. The molecule has 0 aliphatic rings. The maximum Gasteiger partial charge on any atom is 0.142 e. The smallest absolute Gasteiger partial charge is 0.142 e. The van der Waals surface area contributed by atoms with Gasteiger partial charge in [-0.3, -0.25) is 0 Å². The van der Waals surface area contributed by atoms with Crippen molar-refractivity contribution in [2.75, 3.05) is 0 Å². The number of benzene rings is 1. The minimum absolute atomic E-state index is 0.588. The van der Waals surface area contributed by atoms with Crippen LogP contribution in [-0.4, -0.2) is 6.29 Å². The van der Waals surface area contributed by atoms with E-state index in [9.17, 15) is 4.79 Å². The Kier molecular flexibility index (Phi) is 2.07. The van der Waals surface area contributed by atoms with Gasteiger partial charge in [0.05, 0.1) is 6.26 Å². The Labute approximate surface area is 80.1 Å². The Hall–Kier alpha value is -1.28. The highest BCUT2D eigenvalue weighted by Gasteiger charge is 2.07. The third-order valence-corrected chi connectivity index (χ3v) is 2.27. The molecule has 2 nitrogen and oxygen atoms in total. The molecule has 66 valence electrons. The summed E-state index contributed by atoms with van der Waals surface area (Å²) in [6.07, 6.45) is 2.31. The number of aldehydes is 1. The van der Waals surface area contributed by atoms with E-state index in [0.717, 1.165) is 16.5 Å². The van der Waals surface area contributed by atoms with Gasteiger partial charge in [0.2, 0.25) is 0 Å². The molecule has 0 aliphatic carbocycles. The quantitative estimate of drug-likeness (QED) is 0.544. The summed E-state index contributed by atoms with van der Waals surface area (Å²) in [5, 5.41) is 0.424. The lowest BCUT2D eigenvalue weighted by Crippen LogP contribution is -1.89. The predicted molar refractivity (Wildman–Crippen MR) is 50.9 cm³/mol. The van der Waals surface area contributed by atoms with Gasteiger partial charge in [-0.25, -0.2) is 0 Å². The number of rotatable bonds is 2. The van der Waals surface area contributed by atoms with Crippen molar-refractivity contribution >= 4 is 28.9 Å². The third kappa shape index (κ3) is 1.45. The van der Waals surface area contributed by atoms with E-state index in [0.29, 0.717) is 6.29 Å². The van der Waals surface area contributed by atoms with Crippen molar-refractivity contribution in [1.82, 2.24) is 0 Å². The Morgan fingerprint density at radius 1 is 1.38 bits per heavy atom. The van der Waals surface area contributed by atoms with E-state index in [4.69, 9.17) is 16.0 Å². The number of fused-ring (bicyclic) bond motifs is 1. The maximum atomic E-state index is 10.4. The fourth-order valence-corrected chi connectivity index (χ4v) is 1.36. The van der Waals surface area contributed by atoms with E-state index in [2.05, 4.69) is 0 Å². The highest BCUT2D eigenvalue weighted by atomic mass is 35.5. The first kappa shape index (κ1) is 8.32. The lowest BCUT2D eigenvalue weighted by Gasteiger charge is -2.00. The van der Waals surface area contributed by atoms with E-state index < -0.39 is 5.38 Å². The van der Waals surface area contributed by atoms with E-state index in [1.165, 1.54) is 0 Å². The third-order valence-electron chi connectivity index (χ3n) is 1.92. The van der Waals surface area contributed by atoms with E-state index >= 15 is 0 Å². The molecule has 0 saturated carbocycles. The van der Waals surface area contributed by atoms with Crippen LogP contribution in [0.2, 0.25) is 0 Å². The topological polar surface area (TPSA) is 30.2 Å². The van der Waals surface area contributed by atoms with Gasteiger partial charge >= 0.3 is 0 Å². The van der Waals surface area contributed by atoms with Crippen LogP contribution in [0.1, 0.15) is 10.9 Å². The molecule has 2 aromatic rings. The van der Waals surface area contributed by atoms with Crippen LogP contribution in [0, 0.1) is 0 Å². The zero-order valence-corrected chi connectivity index (χ0v) is 7.49. The van der Waals surface area contributed by atoms with Gasteiger partial charge in [0.1, 0.15) is 17.2 Å². The summed E-state index contributed by atoms with van der Waals surface area (Å²) in [6.45, 7) is 0. The number of hydrogen-bond acceptors (Lipinski definition) is 2. The van der Waals surface area contributed by atoms with Crippen molar-refractivity contribution < 1.29 is 9.21 Å². The number of alkyl halides is 1. The molecule has 0 N–H and O–H groups in total. The van der Waals surface area contributed by atoms with Crippen LogP contribution in [0.25, 0.3) is 11.0 Å². The molecule has 0 fully saturated rings. The molecule has 1 aromatic carbocycles. The molecule has 0 saturated heterocycles. The van der Waals surface area contributed by atoms with E-state index in [1.807, 2.05) is 18.2 Å². The molecule has 1 heterocycles. The second-order valence-corrected chi connectivity index (χ2v) is 3.23. The first-order valence-electron chi connectivity index (χ1n) is 3.88. The summed E-state index contributed by atoms with van der Waals surface area (Å²) < 4.78 is 5.18. The molecule has 0 radical (unpaired) electrons. The lowest BCUT2D eigenvalue weighted by atomic mass is 10.1. The van der Waals surface area contributed by atoms with Crippen molar-refractivity contribution in [2.45, 2.75) is 5.38 Å². The first-order chi connectivity index (χ1) is 6.31. The maximum absolute atomic E-state index is 10.4. The Morgan fingerprint density at radius 3 is 3.00 bits per heavy atom. The minimum atomic E-state index is -0.588. The van der Waals surface area contributed by atoms with Crippen LogP contribution >= 0.6 is 11.6 Å². The van der Waals surface area contributed by atoms with E-state index in [1.54, 1.807) is 12.3 Å². The van der Waals surface area contributed by atoms with Crippen molar-refractivity contribution in [2.24, 2.45) is 0 Å². The highest BCUT2D eigenvalue weighted by Crippen LogP contribution is 2.23. The second kappa shape index (κ2) is 3.23. The molecule has 13 heavy (non-hydrogen) atoms. The Morgan fingerprint density at radius 2 is 2.23 bits per heavy atom. The van der Waals surface area contributed by atoms with Crippen molar-refractivity contribution in [3.63, 3.8) is 0 Å². The lowest BCUT2D eigenvalue weighted by molar-refractivity contribution is -0.107. The van der Waals surface area contributed by atoms with Gasteiger partial charge in [0, 0.05) is 5.39 Å². The van der Waals surface area contributed by atoms with Gasteiger partial charge in [-0.2, -0.15) is 0 Å². The summed E-state index contributed by atoms with van der Waals surface area (Å²) in [6, 6.07) is 7.35. The fourth-order valence-electron chi connectivity index (χ4n) is 1.22. The van der Waals surface area contributed by atoms with Gasteiger partial charge in [0.15, 0.2) is 0 Å². The van der Waals surface area contributed by atoms with Crippen molar-refractivity contribution in [1.29, 1.82) is 0 Å².